The number of benzene rings is 10. The van der Waals surface area contributed by atoms with Crippen LogP contribution in [0.1, 0.15) is 0 Å². The van der Waals surface area contributed by atoms with Crippen LogP contribution in [-0.2, 0) is 60.7 Å². The molecule has 42 nitrogen and oxygen atoms in total. The smallest absolute Gasteiger partial charge is 0.505 e. The average Bonchev–Trinajstić information content (AvgIpc) is 0.765. The summed E-state index contributed by atoms with van der Waals surface area (Å²) in [5, 5.41) is 131. The van der Waals surface area contributed by atoms with Crippen LogP contribution in [0, 0.1) is 20.2 Å². The Hall–Kier alpha value is -11.6. The van der Waals surface area contributed by atoms with Crippen LogP contribution in [0.2, 0.25) is 0 Å². The summed E-state index contributed by atoms with van der Waals surface area (Å²) in [6, 6.07) is 19.6. The van der Waals surface area contributed by atoms with Gasteiger partial charge >= 0.3 is 29.6 Å². The Bertz CT molecular complexity index is 5930. The zero-order valence-corrected chi connectivity index (χ0v) is 58.4. The second-order valence-electron chi connectivity index (χ2n) is 20.8. The number of phenols is 6. The topological polar surface area (TPSA) is 682 Å². The molecule has 0 aliphatic carbocycles. The minimum atomic E-state index is -5.45. The van der Waals surface area contributed by atoms with E-state index in [0.29, 0.717) is 60.7 Å². The monoisotopic (exact) mass is 1570 g/mol. The number of rotatable bonds is 21. The van der Waals surface area contributed by atoms with Crippen molar-refractivity contribution in [3.05, 3.63) is 166 Å². The molecule has 12 N–H and O–H groups in total. The number of nitro groups is 2. The molecule has 0 fully saturated rings. The molecule has 0 atom stereocenters. The fourth-order valence-corrected chi connectivity index (χ4v) is 13.1. The summed E-state index contributed by atoms with van der Waals surface area (Å²) in [4.78, 5) is 14.2. The van der Waals surface area contributed by atoms with Crippen molar-refractivity contribution in [3.63, 3.8) is 0 Å². The number of nitro benzene ring substituents is 2. The summed E-state index contributed by atoms with van der Waals surface area (Å²) in [5.41, 5.74) is -9.42. The molecule has 0 saturated heterocycles. The van der Waals surface area contributed by atoms with Crippen LogP contribution in [0.25, 0.3) is 32.7 Å². The first-order valence-corrected chi connectivity index (χ1v) is 36.0. The molecule has 10 aromatic rings. The van der Waals surface area contributed by atoms with Gasteiger partial charge in [-0.1, -0.05) is 12.1 Å². The number of aromatic hydroxyl groups is 6. The number of non-ortho nitro benzene ring substituents is 2. The maximum Gasteiger partial charge on any atom is 1.00 e. The predicted octanol–water partition coefficient (Wildman–Crippen LogP) is 10.7. The van der Waals surface area contributed by atoms with Gasteiger partial charge in [0, 0.05) is 59.7 Å². The molecule has 0 amide bonds. The molecule has 0 spiro atoms. The normalized spacial score (nSPS) is 12.8. The predicted molar refractivity (Wildman–Crippen MR) is 353 cm³/mol. The van der Waals surface area contributed by atoms with E-state index in [1.54, 1.807) is 0 Å². The van der Waals surface area contributed by atoms with E-state index in [2.05, 4.69) is 61.4 Å². The van der Waals surface area contributed by atoms with Gasteiger partial charge in [-0.05, 0) is 95.7 Å². The Morgan fingerprint density at radius 2 is 0.562 bits per heavy atom. The first kappa shape index (κ1) is 77.5. The van der Waals surface area contributed by atoms with Gasteiger partial charge in [0.15, 0.2) is 11.5 Å². The molecule has 49 heteroatoms. The van der Waals surface area contributed by atoms with Gasteiger partial charge in [0.2, 0.25) is 0 Å². The number of hydrogen-bond donors (Lipinski definition) is 12. The van der Waals surface area contributed by atoms with Gasteiger partial charge < -0.3 is 30.6 Å². The second kappa shape index (κ2) is 29.3. The third-order valence-electron chi connectivity index (χ3n) is 14.0. The SMILES string of the molecule is O=[N+]([O-])c1ccc(N=Nc2c(S(=O)(=O)O)cc3cc(S(=O)(=O)O)cc(N=Nc4cc(N=Nc5ccc(-c6ccc(N=Nc7cc(N=Nc8cc(S(=O)(=O)O)cc9cc(S(=O)(=O)O)c(N=Nc%10ccc([N+](=O)[O-])cc%10)c(O)c89)c(O)cc7O)cc6S(=O)(=O)O)c(S(=O)(=O)O)c5)c(O)cc4O)c3c2O)cc1.[Na+]. The van der Waals surface area contributed by atoms with Gasteiger partial charge in [-0.15, -0.1) is 40.9 Å². The van der Waals surface area contributed by atoms with Crippen LogP contribution in [0.3, 0.4) is 0 Å². The van der Waals surface area contributed by atoms with Crippen LogP contribution in [-0.4, -0.2) is 118 Å². The molecule has 10 aromatic carbocycles. The van der Waals surface area contributed by atoms with Crippen molar-refractivity contribution in [1.82, 2.24) is 0 Å². The molecular formula is C56H36N14NaO28S6+. The molecule has 534 valence electrons. The van der Waals surface area contributed by atoms with Crippen molar-refractivity contribution in [2.75, 3.05) is 0 Å². The summed E-state index contributed by atoms with van der Waals surface area (Å²) in [6.07, 6.45) is 0. The molecule has 0 heterocycles. The van der Waals surface area contributed by atoms with Crippen molar-refractivity contribution < 1.29 is 148 Å². The van der Waals surface area contributed by atoms with Gasteiger partial charge in [-0.2, -0.15) is 71.0 Å². The molecule has 0 radical (unpaired) electrons. The number of azo groups is 6. The van der Waals surface area contributed by atoms with Gasteiger partial charge in [0.05, 0.1) is 64.5 Å². The third-order valence-corrected chi connectivity index (χ3v) is 19.2. The number of phenolic OH excluding ortho intramolecular Hbond substituents is 6. The van der Waals surface area contributed by atoms with Crippen molar-refractivity contribution in [2.24, 2.45) is 61.4 Å². The van der Waals surface area contributed by atoms with Crippen molar-refractivity contribution in [2.45, 2.75) is 29.4 Å². The van der Waals surface area contributed by atoms with Gasteiger partial charge in [-0.3, -0.25) is 47.5 Å². The van der Waals surface area contributed by atoms with Gasteiger partial charge in [-0.25, -0.2) is 0 Å². The zero-order valence-electron chi connectivity index (χ0n) is 51.5. The van der Waals surface area contributed by atoms with Crippen LogP contribution >= 0.6 is 0 Å². The molecule has 105 heavy (non-hydrogen) atoms. The van der Waals surface area contributed by atoms with Crippen LogP contribution in [0.4, 0.5) is 79.6 Å². The third kappa shape index (κ3) is 17.4. The fraction of sp³-hybridized carbons (Fsp3) is 0. The number of hydrogen-bond acceptors (Lipinski definition) is 34. The summed E-state index contributed by atoms with van der Waals surface area (Å²) in [7, 11) is -32.1. The van der Waals surface area contributed by atoms with Crippen LogP contribution < -0.4 is 29.6 Å². The van der Waals surface area contributed by atoms with Crippen molar-refractivity contribution in [3.8, 4) is 45.6 Å². The summed E-state index contributed by atoms with van der Waals surface area (Å²) in [6.45, 7) is 0. The number of fused-ring (bicyclic) bond motifs is 2. The standard InChI is InChI=1S/C56H36N14O28S6.Na/c71-43-23-45(73)39(63-65-41-19-33(99(81,82)83)13-25-15-49(103(93,94)95)53(55(75)51(25)41)67-57-27-1-7-31(8-2-27)69(77)78)21-37(43)61-59-29-5-11-35(47(17-29)101(87,88)89)36-12-6-30(18-48(36)102(90,91)92)60-62-38-22-40(46(74)24-44(38)72)64-66-42-20-34(100(84,85)86)14-26-16-50(104(96,97)98)54(56(76)52(26)42)68-58-28-3-9-32(10-4-28)70(79)80;/h1-24,71-76H,(H,81,82,83)(H,84,85,86)(H,87,88,89)(H,90,91,92)(H,93,94,95)(H,96,97,98);/q;+1. The Balaban J connectivity index is 0.0000128. The Labute approximate surface area is 607 Å². The van der Waals surface area contributed by atoms with Gasteiger partial charge in [0.1, 0.15) is 76.7 Å². The number of nitrogens with zero attached hydrogens (tertiary/aromatic N) is 14. The van der Waals surface area contributed by atoms with E-state index in [0.717, 1.165) is 84.9 Å². The van der Waals surface area contributed by atoms with E-state index in [-0.39, 0.29) is 52.3 Å². The van der Waals surface area contributed by atoms with Gasteiger partial charge in [0.25, 0.3) is 72.1 Å². The van der Waals surface area contributed by atoms with Crippen LogP contribution in [0.15, 0.2) is 236 Å². The fourth-order valence-electron chi connectivity index (χ4n) is 9.30. The first-order chi connectivity index (χ1) is 48.4. The maximum absolute atomic E-state index is 13.0. The summed E-state index contributed by atoms with van der Waals surface area (Å²) < 4.78 is 213. The second-order valence-corrected chi connectivity index (χ2v) is 29.2. The van der Waals surface area contributed by atoms with E-state index in [9.17, 15) is 129 Å². The van der Waals surface area contributed by atoms with E-state index in [1.165, 1.54) is 0 Å². The molecule has 0 unspecified atom stereocenters. The van der Waals surface area contributed by atoms with E-state index in [1.807, 2.05) is 0 Å². The molecule has 10 rings (SSSR count). The molecule has 0 bridgehead atoms. The summed E-state index contributed by atoms with van der Waals surface area (Å²) >= 11 is 0. The Kier molecular flexibility index (Phi) is 21.6. The average molecular weight is 1570 g/mol. The Morgan fingerprint density at radius 3 is 0.848 bits per heavy atom. The van der Waals surface area contributed by atoms with E-state index in [4.69, 9.17) is 0 Å². The molecule has 0 aromatic heterocycles. The molecular weight excluding hydrogens is 1530 g/mol. The van der Waals surface area contributed by atoms with E-state index < -0.39 is 224 Å². The zero-order chi connectivity index (χ0) is 76.1. The van der Waals surface area contributed by atoms with Crippen LogP contribution in [0.5, 0.6) is 34.5 Å². The molecule has 0 saturated carbocycles. The quantitative estimate of drug-likeness (QED) is 0.0104. The Morgan fingerprint density at radius 1 is 0.286 bits per heavy atom. The van der Waals surface area contributed by atoms with Crippen molar-refractivity contribution >= 4 is 162 Å². The first-order valence-electron chi connectivity index (χ1n) is 27.4. The molecule has 0 aliphatic rings. The molecule has 0 aliphatic heterocycles. The van der Waals surface area contributed by atoms with E-state index >= 15 is 0 Å². The summed E-state index contributed by atoms with van der Waals surface area (Å²) in [5.74, 6) is -5.91. The largest absolute Gasteiger partial charge is 1.00 e. The maximum atomic E-state index is 13.0. The van der Waals surface area contributed by atoms with Crippen molar-refractivity contribution in [1.29, 1.82) is 0 Å². The minimum absolute atomic E-state index is 0. The minimum Gasteiger partial charge on any atom is -0.505 e.